The van der Waals surface area contributed by atoms with E-state index in [2.05, 4.69) is 15.8 Å². The number of carbonyl (C=O) groups excluding carboxylic acids is 1. The molecule has 0 atom stereocenters. The normalized spacial score (nSPS) is 23.7. The zero-order chi connectivity index (χ0) is 13.0. The first kappa shape index (κ1) is 11.4. The number of nitrogens with zero attached hydrogens (tertiary/aromatic N) is 2. The molecule has 1 amide bonds. The van der Waals surface area contributed by atoms with Crippen molar-refractivity contribution in [2.24, 2.45) is 0 Å². The van der Waals surface area contributed by atoms with Gasteiger partial charge in [-0.25, -0.2) is 4.98 Å². The van der Waals surface area contributed by atoms with Crippen LogP contribution in [0, 0.1) is 11.3 Å². The molecular weight excluding hydrogens is 250 g/mol. The molecule has 2 aliphatic rings. The molecular formula is C12H13N3O2S. The summed E-state index contributed by atoms with van der Waals surface area (Å²) in [6.45, 7) is 1.78. The predicted molar refractivity (Wildman–Crippen MR) is 66.6 cm³/mol. The number of hydrogen-bond acceptors (Lipinski definition) is 4. The van der Waals surface area contributed by atoms with Gasteiger partial charge in [0.2, 0.25) is 0 Å². The Bertz CT molecular complexity index is 643. The summed E-state index contributed by atoms with van der Waals surface area (Å²) in [5, 5.41) is 9.17. The third kappa shape index (κ3) is 1.34. The maximum Gasteiger partial charge on any atom is 0.281 e. The molecule has 1 aromatic heterocycles. The maximum absolute atomic E-state index is 12.5. The van der Waals surface area contributed by atoms with Gasteiger partial charge in [-0.3, -0.25) is 13.7 Å². The molecule has 2 heterocycles. The smallest absolute Gasteiger partial charge is 0.281 e. The van der Waals surface area contributed by atoms with E-state index in [0.717, 1.165) is 18.4 Å². The molecule has 18 heavy (non-hydrogen) atoms. The predicted octanol–water partition coefficient (Wildman–Crippen LogP) is 0.691. The third-order valence-electron chi connectivity index (χ3n) is 3.72. The Labute approximate surface area is 106 Å². The van der Waals surface area contributed by atoms with E-state index in [1.54, 1.807) is 19.2 Å². The lowest BCUT2D eigenvalue weighted by atomic mass is 9.99. The van der Waals surface area contributed by atoms with Crippen molar-refractivity contribution in [1.82, 2.24) is 9.71 Å². The number of rotatable bonds is 2. The largest absolute Gasteiger partial charge is 0.288 e. The highest BCUT2D eigenvalue weighted by Gasteiger charge is 2.46. The molecule has 1 fully saturated rings. The Morgan fingerprint density at radius 1 is 1.61 bits per heavy atom. The standard InChI is InChI=1S/C12H13N3O2S/c1-2-18(17)9-5-8(12(7-13)3-4-12)6-14-10(9)11(16)15-18/h5-6,18H,2-4H2,1H3,(H,15,16,17). The molecule has 0 aromatic carbocycles. The van der Waals surface area contributed by atoms with Gasteiger partial charge < -0.3 is 0 Å². The van der Waals surface area contributed by atoms with E-state index >= 15 is 0 Å². The lowest BCUT2D eigenvalue weighted by Crippen LogP contribution is -2.30. The lowest BCUT2D eigenvalue weighted by molar-refractivity contribution is 0.0980. The van der Waals surface area contributed by atoms with Gasteiger partial charge in [0.15, 0.2) is 0 Å². The number of pyridine rings is 1. The van der Waals surface area contributed by atoms with Crippen LogP contribution in [0.15, 0.2) is 17.2 Å². The van der Waals surface area contributed by atoms with Gasteiger partial charge in [0.25, 0.3) is 5.91 Å². The SMILES string of the molecule is CC[SH]1(=O)NC(=O)c2ncc(C3(C#N)CC3)cc21. The van der Waals surface area contributed by atoms with E-state index in [1.165, 1.54) is 0 Å². The van der Waals surface area contributed by atoms with Gasteiger partial charge >= 0.3 is 0 Å². The van der Waals surface area contributed by atoms with Gasteiger partial charge in [0, 0.05) is 11.9 Å². The van der Waals surface area contributed by atoms with Crippen molar-refractivity contribution in [3.8, 4) is 6.07 Å². The van der Waals surface area contributed by atoms with E-state index < -0.39 is 15.5 Å². The number of amides is 1. The van der Waals surface area contributed by atoms with Crippen molar-refractivity contribution in [3.63, 3.8) is 0 Å². The number of fused-ring (bicyclic) bond motifs is 1. The Hall–Kier alpha value is -1.74. The van der Waals surface area contributed by atoms with Crippen LogP contribution in [0.1, 0.15) is 35.8 Å². The molecule has 0 saturated heterocycles. The second-order valence-corrected chi connectivity index (χ2v) is 7.60. The average Bonchev–Trinajstić information content (AvgIpc) is 3.14. The lowest BCUT2D eigenvalue weighted by Gasteiger charge is -2.17. The molecule has 3 rings (SSSR count). The van der Waals surface area contributed by atoms with Crippen LogP contribution in [0.5, 0.6) is 0 Å². The fourth-order valence-electron chi connectivity index (χ4n) is 2.28. The first-order valence-corrected chi connectivity index (χ1v) is 7.78. The molecule has 6 heteroatoms. The van der Waals surface area contributed by atoms with Gasteiger partial charge in [-0.2, -0.15) is 5.26 Å². The Balaban J connectivity index is 2.17. The zero-order valence-corrected chi connectivity index (χ0v) is 10.8. The van der Waals surface area contributed by atoms with Crippen LogP contribution < -0.4 is 4.72 Å². The van der Waals surface area contributed by atoms with Gasteiger partial charge in [-0.15, -0.1) is 0 Å². The number of carbonyl (C=O) groups is 1. The van der Waals surface area contributed by atoms with Gasteiger partial charge in [-0.1, -0.05) is 6.92 Å². The number of hydrogen-bond donors (Lipinski definition) is 2. The van der Waals surface area contributed by atoms with E-state index in [0.29, 0.717) is 10.6 Å². The third-order valence-corrected chi connectivity index (χ3v) is 6.29. The Morgan fingerprint density at radius 2 is 2.33 bits per heavy atom. The molecule has 1 aliphatic heterocycles. The van der Waals surface area contributed by atoms with Crippen molar-refractivity contribution >= 4 is 16.0 Å². The monoisotopic (exact) mass is 263 g/mol. The van der Waals surface area contributed by atoms with Crippen LogP contribution in [0.4, 0.5) is 0 Å². The summed E-state index contributed by atoms with van der Waals surface area (Å²) in [4.78, 5) is 16.3. The fraction of sp³-hybridized carbons (Fsp3) is 0.417. The first-order valence-electron chi connectivity index (χ1n) is 5.89. The zero-order valence-electron chi connectivity index (χ0n) is 9.93. The summed E-state index contributed by atoms with van der Waals surface area (Å²) in [6.07, 6.45) is 3.18. The van der Waals surface area contributed by atoms with Crippen molar-refractivity contribution in [2.75, 3.05) is 5.75 Å². The number of nitrogens with one attached hydrogen (secondary N) is 1. The maximum atomic E-state index is 12.5. The molecule has 0 spiro atoms. The van der Waals surface area contributed by atoms with Crippen molar-refractivity contribution in [2.45, 2.75) is 30.1 Å². The van der Waals surface area contributed by atoms with Crippen LogP contribution in [-0.4, -0.2) is 20.9 Å². The molecule has 1 aliphatic carbocycles. The summed E-state index contributed by atoms with van der Waals surface area (Å²) >= 11 is 0. The number of nitriles is 1. The first-order chi connectivity index (χ1) is 8.54. The molecule has 1 N–H and O–H groups in total. The number of thiol groups is 1. The summed E-state index contributed by atoms with van der Waals surface area (Å²) in [5.74, 6) is -0.000269. The van der Waals surface area contributed by atoms with Crippen LogP contribution in [0.3, 0.4) is 0 Å². The van der Waals surface area contributed by atoms with Crippen LogP contribution >= 0.6 is 0 Å². The van der Waals surface area contributed by atoms with E-state index in [1.807, 2.05) is 0 Å². The van der Waals surface area contributed by atoms with Crippen LogP contribution in [0.25, 0.3) is 0 Å². The highest BCUT2D eigenvalue weighted by atomic mass is 32.3. The second kappa shape index (κ2) is 3.39. The Kier molecular flexibility index (Phi) is 2.14. The quantitative estimate of drug-likeness (QED) is 0.769. The molecule has 1 aromatic rings. The molecule has 94 valence electrons. The van der Waals surface area contributed by atoms with Gasteiger partial charge in [-0.05, 0) is 34.6 Å². The molecule has 0 bridgehead atoms. The Morgan fingerprint density at radius 3 is 2.89 bits per heavy atom. The van der Waals surface area contributed by atoms with Crippen LogP contribution in [-0.2, 0) is 15.5 Å². The van der Waals surface area contributed by atoms with Crippen molar-refractivity contribution in [3.05, 3.63) is 23.5 Å². The summed E-state index contributed by atoms with van der Waals surface area (Å²) in [5.41, 5.74) is 0.568. The fourth-order valence-corrected chi connectivity index (χ4v) is 4.18. The average molecular weight is 263 g/mol. The highest BCUT2D eigenvalue weighted by Crippen LogP contribution is 2.48. The molecule has 0 radical (unpaired) electrons. The van der Waals surface area contributed by atoms with Crippen molar-refractivity contribution in [1.29, 1.82) is 5.26 Å². The van der Waals surface area contributed by atoms with Crippen molar-refractivity contribution < 1.29 is 9.00 Å². The van der Waals surface area contributed by atoms with Gasteiger partial charge in [0.05, 0.1) is 16.4 Å². The molecule has 0 unspecified atom stereocenters. The summed E-state index contributed by atoms with van der Waals surface area (Å²) in [6, 6.07) is 4.02. The van der Waals surface area contributed by atoms with E-state index in [-0.39, 0.29) is 11.6 Å². The topological polar surface area (TPSA) is 82.8 Å². The van der Waals surface area contributed by atoms with Crippen LogP contribution in [0.2, 0.25) is 0 Å². The minimum atomic E-state index is -2.85. The summed E-state index contributed by atoms with van der Waals surface area (Å²) in [7, 11) is -2.85. The summed E-state index contributed by atoms with van der Waals surface area (Å²) < 4.78 is 15.1. The minimum absolute atomic E-state index is 0.248. The second-order valence-electron chi connectivity index (χ2n) is 4.78. The molecule has 1 saturated carbocycles. The highest BCUT2D eigenvalue weighted by molar-refractivity contribution is 8.02. The van der Waals surface area contributed by atoms with E-state index in [9.17, 15) is 9.00 Å². The van der Waals surface area contributed by atoms with E-state index in [4.69, 9.17) is 5.26 Å². The number of aromatic nitrogens is 1. The minimum Gasteiger partial charge on any atom is -0.288 e. The van der Waals surface area contributed by atoms with Gasteiger partial charge in [0.1, 0.15) is 5.69 Å². The molecule has 5 nitrogen and oxygen atoms in total.